The van der Waals surface area contributed by atoms with Crippen LogP contribution >= 0.6 is 0 Å². The van der Waals surface area contributed by atoms with E-state index in [-0.39, 0.29) is 45.5 Å². The van der Waals surface area contributed by atoms with Crippen molar-refractivity contribution in [3.8, 4) is 28.7 Å². The number of benzene rings is 2. The average Bonchev–Trinajstić information content (AvgIpc) is 2.88. The molecular weight excluding hydrogens is 532 g/mol. The normalized spacial score (nSPS) is 10.5. The molecule has 0 saturated heterocycles. The van der Waals surface area contributed by atoms with Gasteiger partial charge in [-0.25, -0.2) is 19.2 Å². The SMILES string of the molecule is C=C(C)C(=O)Oc1cc(/C=C/C(=O)Oc2ccc(OC(=O)C(=C)C)cc2OC(=O)C(C)C)cc(OC(=O)C(=C)C)c1. The van der Waals surface area contributed by atoms with E-state index in [1.54, 1.807) is 13.8 Å². The first-order valence-corrected chi connectivity index (χ1v) is 12.2. The van der Waals surface area contributed by atoms with E-state index in [1.807, 2.05) is 0 Å². The van der Waals surface area contributed by atoms with Gasteiger partial charge in [0.15, 0.2) is 11.5 Å². The number of esters is 5. The third kappa shape index (κ3) is 10.1. The second-order valence-electron chi connectivity index (χ2n) is 9.19. The number of hydrogen-bond donors (Lipinski definition) is 0. The van der Waals surface area contributed by atoms with Gasteiger partial charge >= 0.3 is 29.8 Å². The van der Waals surface area contributed by atoms with Crippen LogP contribution in [-0.4, -0.2) is 29.8 Å². The number of rotatable bonds is 11. The van der Waals surface area contributed by atoms with Crippen LogP contribution in [0.3, 0.4) is 0 Å². The van der Waals surface area contributed by atoms with Crippen molar-refractivity contribution >= 4 is 35.9 Å². The predicted octanol–water partition coefficient (Wildman–Crippen LogP) is 5.31. The molecule has 0 bridgehead atoms. The predicted molar refractivity (Wildman–Crippen MR) is 149 cm³/mol. The van der Waals surface area contributed by atoms with Crippen molar-refractivity contribution in [3.63, 3.8) is 0 Å². The quantitative estimate of drug-likeness (QED) is 0.202. The van der Waals surface area contributed by atoms with Gasteiger partial charge in [-0.05, 0) is 56.7 Å². The second kappa shape index (κ2) is 14.2. The molecule has 0 aliphatic carbocycles. The van der Waals surface area contributed by atoms with Crippen LogP contribution in [0.15, 0.2) is 78.9 Å². The maximum absolute atomic E-state index is 12.7. The van der Waals surface area contributed by atoms with Crippen molar-refractivity contribution in [3.05, 3.63) is 84.5 Å². The topological polar surface area (TPSA) is 132 Å². The zero-order chi connectivity index (χ0) is 30.9. The van der Waals surface area contributed by atoms with Crippen molar-refractivity contribution in [2.24, 2.45) is 5.92 Å². The Kier molecular flexibility index (Phi) is 11.1. The lowest BCUT2D eigenvalue weighted by atomic mass is 10.2. The largest absolute Gasteiger partial charge is 0.423 e. The maximum atomic E-state index is 12.7. The summed E-state index contributed by atoms with van der Waals surface area (Å²) in [6.07, 6.45) is 2.37. The van der Waals surface area contributed by atoms with Crippen LogP contribution in [0.1, 0.15) is 40.2 Å². The fraction of sp³-hybridized carbons (Fsp3) is 0.194. The summed E-state index contributed by atoms with van der Waals surface area (Å²) in [5, 5.41) is 0. The first kappa shape index (κ1) is 32.0. The lowest BCUT2D eigenvalue weighted by Crippen LogP contribution is -2.16. The van der Waals surface area contributed by atoms with E-state index < -0.39 is 35.8 Å². The molecule has 0 radical (unpaired) electrons. The molecule has 2 rings (SSSR count). The van der Waals surface area contributed by atoms with Crippen LogP contribution in [0.25, 0.3) is 6.08 Å². The van der Waals surface area contributed by atoms with Crippen LogP contribution < -0.4 is 23.7 Å². The molecule has 0 unspecified atom stereocenters. The number of carbonyl (C=O) groups excluding carboxylic acids is 5. The van der Waals surface area contributed by atoms with E-state index in [0.717, 1.165) is 6.08 Å². The van der Waals surface area contributed by atoms with Gasteiger partial charge in [0.25, 0.3) is 0 Å². The Labute approximate surface area is 237 Å². The highest BCUT2D eigenvalue weighted by atomic mass is 16.6. The molecule has 2 aromatic carbocycles. The highest BCUT2D eigenvalue weighted by Crippen LogP contribution is 2.33. The molecule has 0 fully saturated rings. The Bertz CT molecular complexity index is 1410. The summed E-state index contributed by atoms with van der Waals surface area (Å²) < 4.78 is 26.3. The summed E-state index contributed by atoms with van der Waals surface area (Å²) in [6, 6.07) is 8.03. The van der Waals surface area contributed by atoms with Gasteiger partial charge in [0.1, 0.15) is 17.2 Å². The fourth-order valence-electron chi connectivity index (χ4n) is 2.64. The van der Waals surface area contributed by atoms with E-state index in [0.29, 0.717) is 5.56 Å². The first-order chi connectivity index (χ1) is 19.2. The minimum absolute atomic E-state index is 0.0285. The Balaban J connectivity index is 2.35. The van der Waals surface area contributed by atoms with E-state index in [2.05, 4.69) is 19.7 Å². The molecule has 214 valence electrons. The summed E-state index contributed by atoms with van der Waals surface area (Å²) in [5.41, 5.74) is 0.753. The molecule has 0 aliphatic rings. The number of hydrogen-bond acceptors (Lipinski definition) is 10. The van der Waals surface area contributed by atoms with E-state index in [4.69, 9.17) is 23.7 Å². The maximum Gasteiger partial charge on any atom is 0.338 e. The molecule has 0 N–H and O–H groups in total. The number of carbonyl (C=O) groups is 5. The Morgan fingerprint density at radius 3 is 1.59 bits per heavy atom. The van der Waals surface area contributed by atoms with Gasteiger partial charge in [-0.2, -0.15) is 0 Å². The summed E-state index contributed by atoms with van der Waals surface area (Å²) in [7, 11) is 0. The average molecular weight is 563 g/mol. The summed E-state index contributed by atoms with van der Waals surface area (Å²) in [6.45, 7) is 18.2. The van der Waals surface area contributed by atoms with Gasteiger partial charge in [-0.1, -0.05) is 33.6 Å². The molecule has 10 heteroatoms. The number of ether oxygens (including phenoxy) is 5. The first-order valence-electron chi connectivity index (χ1n) is 12.2. The van der Waals surface area contributed by atoms with Gasteiger partial charge in [-0.15, -0.1) is 0 Å². The minimum atomic E-state index is -0.872. The highest BCUT2D eigenvalue weighted by molar-refractivity contribution is 5.92. The summed E-state index contributed by atoms with van der Waals surface area (Å²) >= 11 is 0. The van der Waals surface area contributed by atoms with Crippen LogP contribution in [0, 0.1) is 5.92 Å². The van der Waals surface area contributed by atoms with Gasteiger partial charge in [0.05, 0.1) is 5.92 Å². The molecule has 0 aromatic heterocycles. The minimum Gasteiger partial charge on any atom is -0.423 e. The Morgan fingerprint density at radius 2 is 1.12 bits per heavy atom. The molecule has 0 saturated carbocycles. The van der Waals surface area contributed by atoms with Crippen molar-refractivity contribution in [2.45, 2.75) is 34.6 Å². The Morgan fingerprint density at radius 1 is 0.634 bits per heavy atom. The molecule has 0 heterocycles. The molecule has 0 atom stereocenters. The zero-order valence-electron chi connectivity index (χ0n) is 23.4. The van der Waals surface area contributed by atoms with Gasteiger partial charge in [-0.3, -0.25) is 4.79 Å². The second-order valence-corrected chi connectivity index (χ2v) is 9.19. The van der Waals surface area contributed by atoms with E-state index >= 15 is 0 Å². The van der Waals surface area contributed by atoms with Crippen molar-refractivity contribution < 1.29 is 47.7 Å². The third-order valence-corrected chi connectivity index (χ3v) is 4.80. The summed E-state index contributed by atoms with van der Waals surface area (Å²) in [4.78, 5) is 60.8. The van der Waals surface area contributed by atoms with Gasteiger partial charge in [0.2, 0.25) is 0 Å². The van der Waals surface area contributed by atoms with Gasteiger partial charge in [0, 0.05) is 34.9 Å². The highest BCUT2D eigenvalue weighted by Gasteiger charge is 2.18. The van der Waals surface area contributed by atoms with Crippen molar-refractivity contribution in [1.82, 2.24) is 0 Å². The third-order valence-electron chi connectivity index (χ3n) is 4.80. The van der Waals surface area contributed by atoms with Crippen molar-refractivity contribution in [2.75, 3.05) is 0 Å². The lowest BCUT2D eigenvalue weighted by Gasteiger charge is -2.13. The molecule has 41 heavy (non-hydrogen) atoms. The van der Waals surface area contributed by atoms with E-state index in [9.17, 15) is 24.0 Å². The summed E-state index contributed by atoms with van der Waals surface area (Å²) in [5.74, 6) is -4.26. The van der Waals surface area contributed by atoms with Crippen LogP contribution in [0.2, 0.25) is 0 Å². The Hall–Kier alpha value is -5.25. The van der Waals surface area contributed by atoms with Crippen LogP contribution in [0.5, 0.6) is 28.7 Å². The molecule has 10 nitrogen and oxygen atoms in total. The van der Waals surface area contributed by atoms with Crippen molar-refractivity contribution in [1.29, 1.82) is 0 Å². The molecule has 0 spiro atoms. The van der Waals surface area contributed by atoms with E-state index in [1.165, 1.54) is 63.2 Å². The molecular formula is C31H30O10. The molecule has 2 aromatic rings. The van der Waals surface area contributed by atoms with Gasteiger partial charge < -0.3 is 23.7 Å². The lowest BCUT2D eigenvalue weighted by molar-refractivity contribution is -0.138. The van der Waals surface area contributed by atoms with Crippen LogP contribution in [0.4, 0.5) is 0 Å². The standard InChI is InChI=1S/C31H30O10/c1-17(2)28(33)37-22-10-11-25(26(16-22)41-31(36)20(7)8)40-27(32)12-9-21-13-23(38-29(34)18(3)4)15-24(14-21)39-30(35)19(5)6/h9-16,20H,1,3,5H2,2,4,6-8H3/b12-9+. The zero-order valence-corrected chi connectivity index (χ0v) is 23.4. The fourth-order valence-corrected chi connectivity index (χ4v) is 2.64. The smallest absolute Gasteiger partial charge is 0.338 e. The van der Waals surface area contributed by atoms with Crippen LogP contribution in [-0.2, 0) is 24.0 Å². The molecule has 0 amide bonds. The monoisotopic (exact) mass is 562 g/mol. The molecule has 0 aliphatic heterocycles.